The second kappa shape index (κ2) is 8.27. The standard InChI is InChI=1S/C14H26N2O2/c1-12(14(17)18-3)7-8-15-11-13(2)16-9-5-4-6-10-16/h7,13,15H,4-6,8-11H2,1-3H3. The van der Waals surface area contributed by atoms with Crippen LogP contribution in [0.2, 0.25) is 0 Å². The van der Waals surface area contributed by atoms with Gasteiger partial charge in [0, 0.05) is 24.7 Å². The molecule has 1 aliphatic heterocycles. The molecule has 104 valence electrons. The number of carbonyl (C=O) groups is 1. The van der Waals surface area contributed by atoms with E-state index in [9.17, 15) is 4.79 Å². The molecule has 0 radical (unpaired) electrons. The Balaban J connectivity index is 2.18. The van der Waals surface area contributed by atoms with Gasteiger partial charge in [-0.05, 0) is 39.8 Å². The van der Waals surface area contributed by atoms with Gasteiger partial charge in [0.25, 0.3) is 0 Å². The minimum atomic E-state index is -0.249. The van der Waals surface area contributed by atoms with E-state index in [0.29, 0.717) is 11.6 Å². The highest BCUT2D eigenvalue weighted by atomic mass is 16.5. The van der Waals surface area contributed by atoms with E-state index in [2.05, 4.69) is 21.9 Å². The Bertz CT molecular complexity index is 284. The summed E-state index contributed by atoms with van der Waals surface area (Å²) in [6.45, 7) is 8.17. The van der Waals surface area contributed by atoms with Crippen LogP contribution < -0.4 is 5.32 Å². The smallest absolute Gasteiger partial charge is 0.333 e. The summed E-state index contributed by atoms with van der Waals surface area (Å²) in [7, 11) is 1.41. The number of piperidine rings is 1. The summed E-state index contributed by atoms with van der Waals surface area (Å²) >= 11 is 0. The minimum absolute atomic E-state index is 0.249. The van der Waals surface area contributed by atoms with Gasteiger partial charge in [0.1, 0.15) is 0 Å². The number of likely N-dealkylation sites (tertiary alicyclic amines) is 1. The molecule has 1 fully saturated rings. The maximum Gasteiger partial charge on any atom is 0.333 e. The van der Waals surface area contributed by atoms with Crippen molar-refractivity contribution in [1.29, 1.82) is 0 Å². The largest absolute Gasteiger partial charge is 0.466 e. The van der Waals surface area contributed by atoms with Gasteiger partial charge in [-0.2, -0.15) is 0 Å². The van der Waals surface area contributed by atoms with Crippen molar-refractivity contribution in [3.05, 3.63) is 11.6 Å². The van der Waals surface area contributed by atoms with Crippen LogP contribution in [-0.4, -0.2) is 50.2 Å². The molecule has 18 heavy (non-hydrogen) atoms. The van der Waals surface area contributed by atoms with Crippen molar-refractivity contribution in [1.82, 2.24) is 10.2 Å². The monoisotopic (exact) mass is 254 g/mol. The molecule has 1 aliphatic rings. The molecule has 4 heteroatoms. The molecule has 0 aromatic heterocycles. The maximum absolute atomic E-state index is 11.2. The van der Waals surface area contributed by atoms with Gasteiger partial charge in [0.05, 0.1) is 7.11 Å². The van der Waals surface area contributed by atoms with Gasteiger partial charge in [-0.1, -0.05) is 12.5 Å². The third-order valence-corrected chi connectivity index (χ3v) is 3.51. The summed E-state index contributed by atoms with van der Waals surface area (Å²) in [5, 5.41) is 3.37. The number of methoxy groups -OCH3 is 1. The van der Waals surface area contributed by atoms with Crippen LogP contribution in [0.3, 0.4) is 0 Å². The lowest BCUT2D eigenvalue weighted by atomic mass is 10.1. The molecule has 0 aromatic carbocycles. The predicted octanol–water partition coefficient (Wildman–Crippen LogP) is 1.57. The van der Waals surface area contributed by atoms with Gasteiger partial charge in [0.2, 0.25) is 0 Å². The number of hydrogen-bond acceptors (Lipinski definition) is 4. The Morgan fingerprint density at radius 1 is 1.39 bits per heavy atom. The van der Waals surface area contributed by atoms with Crippen LogP contribution in [0.5, 0.6) is 0 Å². The summed E-state index contributed by atoms with van der Waals surface area (Å²) in [6, 6.07) is 0.567. The molecule has 0 saturated carbocycles. The number of carbonyl (C=O) groups excluding carboxylic acids is 1. The highest BCUT2D eigenvalue weighted by molar-refractivity contribution is 5.87. The van der Waals surface area contributed by atoms with Crippen molar-refractivity contribution >= 4 is 5.97 Å². The molecule has 0 aliphatic carbocycles. The van der Waals surface area contributed by atoms with Crippen LogP contribution >= 0.6 is 0 Å². The average molecular weight is 254 g/mol. The Morgan fingerprint density at radius 2 is 2.06 bits per heavy atom. The molecule has 0 amide bonds. The van der Waals surface area contributed by atoms with Crippen molar-refractivity contribution in [3.63, 3.8) is 0 Å². The highest BCUT2D eigenvalue weighted by Gasteiger charge is 2.15. The first-order valence-electron chi connectivity index (χ1n) is 6.85. The average Bonchev–Trinajstić information content (AvgIpc) is 2.43. The van der Waals surface area contributed by atoms with E-state index in [1.165, 1.54) is 39.5 Å². The highest BCUT2D eigenvalue weighted by Crippen LogP contribution is 2.11. The zero-order chi connectivity index (χ0) is 13.4. The van der Waals surface area contributed by atoms with Crippen LogP contribution in [0.1, 0.15) is 33.1 Å². The van der Waals surface area contributed by atoms with Crippen LogP contribution in [0, 0.1) is 0 Å². The lowest BCUT2D eigenvalue weighted by molar-refractivity contribution is -0.136. The van der Waals surface area contributed by atoms with Gasteiger partial charge < -0.3 is 10.1 Å². The SMILES string of the molecule is COC(=O)C(C)=CCNCC(C)N1CCCCC1. The molecule has 0 aromatic rings. The van der Waals surface area contributed by atoms with Gasteiger partial charge in [0.15, 0.2) is 0 Å². The molecular formula is C14H26N2O2. The number of esters is 1. The summed E-state index contributed by atoms with van der Waals surface area (Å²) < 4.78 is 4.64. The normalized spacial score (nSPS) is 19.6. The fourth-order valence-corrected chi connectivity index (χ4v) is 2.25. The van der Waals surface area contributed by atoms with Gasteiger partial charge in [-0.15, -0.1) is 0 Å². The molecule has 1 atom stereocenters. The van der Waals surface area contributed by atoms with E-state index in [1.54, 1.807) is 6.92 Å². The molecular weight excluding hydrogens is 228 g/mol. The van der Waals surface area contributed by atoms with Crippen molar-refractivity contribution in [2.24, 2.45) is 0 Å². The van der Waals surface area contributed by atoms with E-state index < -0.39 is 0 Å². The van der Waals surface area contributed by atoms with Crippen molar-refractivity contribution in [2.45, 2.75) is 39.2 Å². The van der Waals surface area contributed by atoms with Gasteiger partial charge in [-0.25, -0.2) is 4.79 Å². The van der Waals surface area contributed by atoms with Crippen molar-refractivity contribution in [3.8, 4) is 0 Å². The van der Waals surface area contributed by atoms with Crippen LogP contribution in [0.15, 0.2) is 11.6 Å². The molecule has 4 nitrogen and oxygen atoms in total. The Hall–Kier alpha value is -0.870. The molecule has 1 unspecified atom stereocenters. The van der Waals surface area contributed by atoms with E-state index in [-0.39, 0.29) is 5.97 Å². The quantitative estimate of drug-likeness (QED) is 0.444. The number of rotatable bonds is 6. The van der Waals surface area contributed by atoms with Crippen molar-refractivity contribution < 1.29 is 9.53 Å². The third kappa shape index (κ3) is 5.19. The summed E-state index contributed by atoms with van der Waals surface area (Å²) in [5.41, 5.74) is 0.663. The van der Waals surface area contributed by atoms with Crippen LogP contribution in [-0.2, 0) is 9.53 Å². The zero-order valence-corrected chi connectivity index (χ0v) is 11.9. The molecule has 1 saturated heterocycles. The fraction of sp³-hybridized carbons (Fsp3) is 0.786. The molecule has 1 N–H and O–H groups in total. The maximum atomic E-state index is 11.2. The topological polar surface area (TPSA) is 41.6 Å². The van der Waals surface area contributed by atoms with Crippen LogP contribution in [0.4, 0.5) is 0 Å². The number of nitrogens with zero attached hydrogens (tertiary/aromatic N) is 1. The second-order valence-electron chi connectivity index (χ2n) is 4.98. The number of ether oxygens (including phenoxy) is 1. The van der Waals surface area contributed by atoms with E-state index in [0.717, 1.165) is 13.1 Å². The first-order valence-corrected chi connectivity index (χ1v) is 6.85. The summed E-state index contributed by atoms with van der Waals surface area (Å²) in [6.07, 6.45) is 5.91. The Kier molecular flexibility index (Phi) is 6.98. The minimum Gasteiger partial charge on any atom is -0.466 e. The van der Waals surface area contributed by atoms with Gasteiger partial charge >= 0.3 is 5.97 Å². The van der Waals surface area contributed by atoms with E-state index >= 15 is 0 Å². The zero-order valence-electron chi connectivity index (χ0n) is 11.9. The van der Waals surface area contributed by atoms with Gasteiger partial charge in [-0.3, -0.25) is 4.90 Å². The second-order valence-corrected chi connectivity index (χ2v) is 4.98. The third-order valence-electron chi connectivity index (χ3n) is 3.51. The van der Waals surface area contributed by atoms with E-state index in [4.69, 9.17) is 0 Å². The first-order chi connectivity index (χ1) is 8.65. The van der Waals surface area contributed by atoms with Crippen molar-refractivity contribution in [2.75, 3.05) is 33.3 Å². The molecule has 1 rings (SSSR count). The molecule has 0 spiro atoms. The number of nitrogens with one attached hydrogen (secondary N) is 1. The summed E-state index contributed by atoms with van der Waals surface area (Å²) in [4.78, 5) is 13.7. The Labute approximate surface area is 110 Å². The van der Waals surface area contributed by atoms with Crippen LogP contribution in [0.25, 0.3) is 0 Å². The summed E-state index contributed by atoms with van der Waals surface area (Å²) in [5.74, 6) is -0.249. The molecule has 0 bridgehead atoms. The number of hydrogen-bond donors (Lipinski definition) is 1. The predicted molar refractivity (Wildman–Crippen MR) is 73.5 cm³/mol. The lowest BCUT2D eigenvalue weighted by Crippen LogP contribution is -2.43. The Morgan fingerprint density at radius 3 is 2.67 bits per heavy atom. The first kappa shape index (κ1) is 15.2. The molecule has 1 heterocycles. The fourth-order valence-electron chi connectivity index (χ4n) is 2.25. The van der Waals surface area contributed by atoms with E-state index in [1.807, 2.05) is 6.08 Å². The lowest BCUT2D eigenvalue weighted by Gasteiger charge is -2.32.